The van der Waals surface area contributed by atoms with Gasteiger partial charge in [-0.15, -0.1) is 21.5 Å². The molecule has 0 radical (unpaired) electrons. The molecule has 1 amide bonds. The minimum Gasteiger partial charge on any atom is -0.353 e. The summed E-state index contributed by atoms with van der Waals surface area (Å²) in [5.41, 5.74) is 0.863. The zero-order valence-corrected chi connectivity index (χ0v) is 18.9. The summed E-state index contributed by atoms with van der Waals surface area (Å²) in [4.78, 5) is 25.3. The third-order valence-corrected chi connectivity index (χ3v) is 6.90. The van der Waals surface area contributed by atoms with Crippen LogP contribution < -0.4 is 10.9 Å². The second kappa shape index (κ2) is 8.88. The van der Waals surface area contributed by atoms with Gasteiger partial charge in [-0.25, -0.2) is 0 Å². The summed E-state index contributed by atoms with van der Waals surface area (Å²) in [5.74, 6) is 2.64. The number of aryl methyl sites for hydroxylation is 1. The fraction of sp³-hybridized carbons (Fsp3) is 0.636. The molecule has 8 heteroatoms. The van der Waals surface area contributed by atoms with E-state index in [9.17, 15) is 9.59 Å². The molecule has 4 rings (SSSR count). The van der Waals surface area contributed by atoms with Crippen LogP contribution in [0.3, 0.4) is 0 Å². The number of rotatable bonds is 7. The second-order valence-electron chi connectivity index (χ2n) is 9.07. The van der Waals surface area contributed by atoms with E-state index < -0.39 is 0 Å². The number of thiophene rings is 1. The normalized spacial score (nSPS) is 19.7. The molecule has 3 aromatic rings. The topological polar surface area (TPSA) is 81.3 Å². The van der Waals surface area contributed by atoms with Gasteiger partial charge in [0.1, 0.15) is 10.5 Å². The smallest absolute Gasteiger partial charge is 0.272 e. The van der Waals surface area contributed by atoms with Crippen molar-refractivity contribution < 1.29 is 4.79 Å². The van der Waals surface area contributed by atoms with Gasteiger partial charge in [-0.05, 0) is 55.4 Å². The highest BCUT2D eigenvalue weighted by Gasteiger charge is 2.20. The molecule has 0 atom stereocenters. The van der Waals surface area contributed by atoms with E-state index >= 15 is 0 Å². The van der Waals surface area contributed by atoms with Gasteiger partial charge < -0.3 is 5.32 Å². The van der Waals surface area contributed by atoms with Crippen LogP contribution in [0.5, 0.6) is 0 Å². The van der Waals surface area contributed by atoms with E-state index in [0.717, 1.165) is 34.8 Å². The largest absolute Gasteiger partial charge is 0.353 e. The van der Waals surface area contributed by atoms with Crippen molar-refractivity contribution in [3.63, 3.8) is 0 Å². The van der Waals surface area contributed by atoms with Gasteiger partial charge in [0.2, 0.25) is 11.7 Å². The molecule has 3 heterocycles. The summed E-state index contributed by atoms with van der Waals surface area (Å²) >= 11 is 1.46. The SMILES string of the molecule is CC(C)Cn1c(=O)c2sccc2n2c(CCCC(=O)NC3CCC(C)CC3)nnc12. The third-order valence-electron chi connectivity index (χ3n) is 6.01. The molecule has 7 nitrogen and oxygen atoms in total. The van der Waals surface area contributed by atoms with Crippen molar-refractivity contribution >= 4 is 33.2 Å². The number of nitrogens with zero attached hydrogens (tertiary/aromatic N) is 4. The van der Waals surface area contributed by atoms with E-state index in [1.165, 1.54) is 24.2 Å². The lowest BCUT2D eigenvalue weighted by Gasteiger charge is -2.26. The summed E-state index contributed by atoms with van der Waals surface area (Å²) < 4.78 is 4.46. The molecular formula is C22H31N5O2S. The Morgan fingerprint density at radius 3 is 2.77 bits per heavy atom. The lowest BCUT2D eigenvalue weighted by Crippen LogP contribution is -2.37. The molecule has 0 aromatic carbocycles. The number of carbonyl (C=O) groups excluding carboxylic acids is 1. The number of nitrogens with one attached hydrogen (secondary N) is 1. The maximum atomic E-state index is 12.9. The molecule has 0 aliphatic heterocycles. The zero-order chi connectivity index (χ0) is 21.3. The predicted octanol–water partition coefficient (Wildman–Crippen LogP) is 3.78. The first-order valence-corrected chi connectivity index (χ1v) is 12.0. The Hall–Kier alpha value is -2.22. The molecule has 1 N–H and O–H groups in total. The first-order valence-electron chi connectivity index (χ1n) is 11.1. The van der Waals surface area contributed by atoms with Gasteiger partial charge in [0.05, 0.1) is 5.52 Å². The van der Waals surface area contributed by atoms with E-state index in [-0.39, 0.29) is 11.5 Å². The lowest BCUT2D eigenvalue weighted by atomic mass is 9.87. The lowest BCUT2D eigenvalue weighted by molar-refractivity contribution is -0.122. The number of fused-ring (bicyclic) bond motifs is 3. The molecule has 1 fully saturated rings. The van der Waals surface area contributed by atoms with Gasteiger partial charge in [0.25, 0.3) is 5.56 Å². The molecule has 3 aromatic heterocycles. The molecule has 1 saturated carbocycles. The van der Waals surface area contributed by atoms with Crippen LogP contribution in [0.2, 0.25) is 0 Å². The van der Waals surface area contributed by atoms with E-state index in [1.807, 2.05) is 15.8 Å². The average molecular weight is 430 g/mol. The Kier molecular flexibility index (Phi) is 6.22. The molecule has 0 bridgehead atoms. The van der Waals surface area contributed by atoms with Crippen LogP contribution in [0.15, 0.2) is 16.2 Å². The fourth-order valence-corrected chi connectivity index (χ4v) is 5.21. The maximum absolute atomic E-state index is 12.9. The standard InChI is InChI=1S/C22H31N5O2S/c1-14(2)13-26-21(29)20-17(11-12-30-20)27-18(24-25-22(26)27)5-4-6-19(28)23-16-9-7-15(3)8-10-16/h11-12,14-16H,4-10,13H2,1-3H3,(H,23,28). The summed E-state index contributed by atoms with van der Waals surface area (Å²) in [7, 11) is 0. The highest BCUT2D eigenvalue weighted by molar-refractivity contribution is 7.17. The third kappa shape index (κ3) is 4.29. The number of hydrogen-bond acceptors (Lipinski definition) is 5. The molecule has 1 aliphatic carbocycles. The van der Waals surface area contributed by atoms with Crippen molar-refractivity contribution in [2.75, 3.05) is 0 Å². The minimum absolute atomic E-state index is 0.00123. The van der Waals surface area contributed by atoms with Crippen LogP contribution in [0.25, 0.3) is 16.0 Å². The Labute approximate surface area is 180 Å². The van der Waals surface area contributed by atoms with E-state index in [1.54, 1.807) is 4.57 Å². The Morgan fingerprint density at radius 2 is 2.03 bits per heavy atom. The monoisotopic (exact) mass is 429 g/mol. The first-order chi connectivity index (χ1) is 14.4. The Balaban J connectivity index is 1.48. The van der Waals surface area contributed by atoms with Gasteiger partial charge >= 0.3 is 0 Å². The van der Waals surface area contributed by atoms with Gasteiger partial charge in [-0.1, -0.05) is 20.8 Å². The molecule has 0 saturated heterocycles. The molecule has 0 spiro atoms. The second-order valence-corrected chi connectivity index (χ2v) is 9.99. The number of carbonyl (C=O) groups is 1. The van der Waals surface area contributed by atoms with Crippen molar-refractivity contribution in [1.29, 1.82) is 0 Å². The van der Waals surface area contributed by atoms with Crippen molar-refractivity contribution in [3.8, 4) is 0 Å². The molecule has 30 heavy (non-hydrogen) atoms. The highest BCUT2D eigenvalue weighted by atomic mass is 32.1. The van der Waals surface area contributed by atoms with Gasteiger partial charge in [0, 0.05) is 25.4 Å². The van der Waals surface area contributed by atoms with Crippen LogP contribution in [-0.4, -0.2) is 31.1 Å². The van der Waals surface area contributed by atoms with Gasteiger partial charge in [-0.2, -0.15) is 0 Å². The van der Waals surface area contributed by atoms with Gasteiger partial charge in [-0.3, -0.25) is 18.6 Å². The predicted molar refractivity (Wildman–Crippen MR) is 120 cm³/mol. The van der Waals surface area contributed by atoms with Gasteiger partial charge in [0.15, 0.2) is 0 Å². The fourth-order valence-electron chi connectivity index (χ4n) is 4.38. The van der Waals surface area contributed by atoms with Crippen LogP contribution in [0.4, 0.5) is 0 Å². The van der Waals surface area contributed by atoms with Crippen LogP contribution in [0, 0.1) is 11.8 Å². The summed E-state index contributed by atoms with van der Waals surface area (Å²) in [6.45, 7) is 7.07. The Morgan fingerprint density at radius 1 is 1.27 bits per heavy atom. The van der Waals surface area contributed by atoms with Crippen molar-refractivity contribution in [2.24, 2.45) is 11.8 Å². The van der Waals surface area contributed by atoms with E-state index in [2.05, 4.69) is 36.3 Å². The quantitative estimate of drug-likeness (QED) is 0.620. The van der Waals surface area contributed by atoms with Crippen LogP contribution in [0.1, 0.15) is 65.1 Å². The van der Waals surface area contributed by atoms with Crippen LogP contribution in [-0.2, 0) is 17.8 Å². The summed E-state index contributed by atoms with van der Waals surface area (Å²) in [6, 6.07) is 2.29. The highest BCUT2D eigenvalue weighted by Crippen LogP contribution is 2.24. The van der Waals surface area contributed by atoms with Crippen molar-refractivity contribution in [1.82, 2.24) is 24.5 Å². The van der Waals surface area contributed by atoms with Crippen molar-refractivity contribution in [3.05, 3.63) is 27.6 Å². The maximum Gasteiger partial charge on any atom is 0.272 e. The van der Waals surface area contributed by atoms with E-state index in [4.69, 9.17) is 0 Å². The average Bonchev–Trinajstić information content (AvgIpc) is 3.34. The molecule has 0 unspecified atom stereocenters. The number of amides is 1. The number of aromatic nitrogens is 4. The number of hydrogen-bond donors (Lipinski definition) is 1. The molecule has 162 valence electrons. The van der Waals surface area contributed by atoms with E-state index in [0.29, 0.717) is 43.5 Å². The minimum atomic E-state index is 0.00123. The summed E-state index contributed by atoms with van der Waals surface area (Å²) in [6.07, 6.45) is 6.43. The van der Waals surface area contributed by atoms with Crippen molar-refractivity contribution in [2.45, 2.75) is 78.3 Å². The molecule has 1 aliphatic rings. The molecular weight excluding hydrogens is 398 g/mol. The Bertz CT molecular complexity index is 1090. The first kappa shape index (κ1) is 21.0. The summed E-state index contributed by atoms with van der Waals surface area (Å²) in [5, 5.41) is 13.9. The van der Waals surface area contributed by atoms with Crippen LogP contribution >= 0.6 is 11.3 Å². The zero-order valence-electron chi connectivity index (χ0n) is 18.1.